The molecule has 0 aliphatic rings. The van der Waals surface area contributed by atoms with E-state index in [4.69, 9.17) is 27.9 Å². The van der Waals surface area contributed by atoms with Gasteiger partial charge in [0.1, 0.15) is 17.6 Å². The summed E-state index contributed by atoms with van der Waals surface area (Å²) in [6.45, 7) is 5.52. The molecule has 1 aromatic heterocycles. The first-order valence-corrected chi connectivity index (χ1v) is 9.24. The second-order valence-electron chi connectivity index (χ2n) is 6.49. The lowest BCUT2D eigenvalue weighted by molar-refractivity contribution is -0.131. The Kier molecular flexibility index (Phi) is 7.50. The first kappa shape index (κ1) is 21.1. The Morgan fingerprint density at radius 2 is 1.93 bits per heavy atom. The van der Waals surface area contributed by atoms with Crippen molar-refractivity contribution in [2.75, 3.05) is 5.32 Å². The van der Waals surface area contributed by atoms with Crippen molar-refractivity contribution in [1.29, 1.82) is 0 Å². The van der Waals surface area contributed by atoms with E-state index in [0.717, 1.165) is 0 Å². The van der Waals surface area contributed by atoms with Crippen LogP contribution in [0.5, 0.6) is 5.75 Å². The fourth-order valence-corrected chi connectivity index (χ4v) is 2.81. The molecule has 7 nitrogen and oxygen atoms in total. The molecule has 146 valence electrons. The van der Waals surface area contributed by atoms with Gasteiger partial charge in [0.25, 0.3) is 5.91 Å². The van der Waals surface area contributed by atoms with Gasteiger partial charge in [0.2, 0.25) is 5.91 Å². The summed E-state index contributed by atoms with van der Waals surface area (Å²) in [4.78, 5) is 25.0. The number of nitrogens with zero attached hydrogens (tertiary/aromatic N) is 1. The number of aromatic amines is 1. The summed E-state index contributed by atoms with van der Waals surface area (Å²) in [5.74, 6) is 0.237. The monoisotopic (exact) mass is 412 g/mol. The standard InChI is InChI=1S/C18H22Cl2N4O3/c1-10(2)8-14(18(26)23-16-6-7-21-24-16)22-17(25)11(3)27-15-5-4-12(19)9-13(15)20/h4-7,9-11,14H,8H2,1-3H3,(H,22,25)(H2,21,23,24,26). The number of rotatable bonds is 8. The fourth-order valence-electron chi connectivity index (χ4n) is 2.35. The minimum atomic E-state index is -0.849. The zero-order valence-electron chi connectivity index (χ0n) is 15.3. The molecule has 0 radical (unpaired) electrons. The zero-order valence-corrected chi connectivity index (χ0v) is 16.8. The molecule has 0 spiro atoms. The largest absolute Gasteiger partial charge is 0.479 e. The molecule has 3 N–H and O–H groups in total. The molecule has 2 rings (SSSR count). The van der Waals surface area contributed by atoms with E-state index in [-0.39, 0.29) is 11.8 Å². The number of benzene rings is 1. The number of amides is 2. The van der Waals surface area contributed by atoms with Crippen LogP contribution in [0.1, 0.15) is 27.2 Å². The fraction of sp³-hybridized carbons (Fsp3) is 0.389. The van der Waals surface area contributed by atoms with E-state index in [1.54, 1.807) is 25.1 Å². The predicted octanol–water partition coefficient (Wildman–Crippen LogP) is 3.65. The number of aromatic nitrogens is 2. The summed E-state index contributed by atoms with van der Waals surface area (Å²) in [5.41, 5.74) is 0. The average Bonchev–Trinajstić information content (AvgIpc) is 3.09. The van der Waals surface area contributed by atoms with Gasteiger partial charge in [-0.2, -0.15) is 5.10 Å². The van der Waals surface area contributed by atoms with Gasteiger partial charge in [0, 0.05) is 11.1 Å². The third-order valence-corrected chi connectivity index (χ3v) is 4.20. The summed E-state index contributed by atoms with van der Waals surface area (Å²) >= 11 is 11.9. The maximum absolute atomic E-state index is 12.5. The Balaban J connectivity index is 2.01. The van der Waals surface area contributed by atoms with Crippen molar-refractivity contribution >= 4 is 40.8 Å². The molecule has 0 fully saturated rings. The highest BCUT2D eigenvalue weighted by Crippen LogP contribution is 2.28. The van der Waals surface area contributed by atoms with Gasteiger partial charge in [-0.05, 0) is 37.5 Å². The molecule has 0 saturated carbocycles. The molecule has 2 atom stereocenters. The van der Waals surface area contributed by atoms with Gasteiger partial charge in [0.15, 0.2) is 6.10 Å². The zero-order chi connectivity index (χ0) is 20.0. The lowest BCUT2D eigenvalue weighted by Crippen LogP contribution is -2.48. The Morgan fingerprint density at radius 3 is 2.52 bits per heavy atom. The van der Waals surface area contributed by atoms with Gasteiger partial charge in [-0.3, -0.25) is 14.7 Å². The molecule has 1 aromatic carbocycles. The lowest BCUT2D eigenvalue weighted by Gasteiger charge is -2.22. The van der Waals surface area contributed by atoms with Crippen molar-refractivity contribution in [3.8, 4) is 5.75 Å². The lowest BCUT2D eigenvalue weighted by atomic mass is 10.0. The molecule has 2 amide bonds. The molecule has 2 aromatic rings. The Labute approximate surface area is 167 Å². The number of hydrogen-bond acceptors (Lipinski definition) is 4. The molecule has 2 unspecified atom stereocenters. The summed E-state index contributed by atoms with van der Waals surface area (Å²) in [6.07, 6.45) is 1.15. The second kappa shape index (κ2) is 9.62. The van der Waals surface area contributed by atoms with Crippen molar-refractivity contribution < 1.29 is 14.3 Å². The van der Waals surface area contributed by atoms with Crippen LogP contribution in [0, 0.1) is 5.92 Å². The van der Waals surface area contributed by atoms with Crippen LogP contribution < -0.4 is 15.4 Å². The van der Waals surface area contributed by atoms with Crippen LogP contribution in [-0.4, -0.2) is 34.2 Å². The highest BCUT2D eigenvalue weighted by atomic mass is 35.5. The third kappa shape index (κ3) is 6.45. The first-order valence-electron chi connectivity index (χ1n) is 8.48. The van der Waals surface area contributed by atoms with Crippen molar-refractivity contribution in [3.05, 3.63) is 40.5 Å². The Bertz CT molecular complexity index is 781. The van der Waals surface area contributed by atoms with Crippen LogP contribution >= 0.6 is 23.2 Å². The van der Waals surface area contributed by atoms with E-state index in [2.05, 4.69) is 20.8 Å². The second-order valence-corrected chi connectivity index (χ2v) is 7.33. The van der Waals surface area contributed by atoms with Crippen LogP contribution in [0.2, 0.25) is 10.0 Å². The Morgan fingerprint density at radius 1 is 1.19 bits per heavy atom. The van der Waals surface area contributed by atoms with Gasteiger partial charge in [-0.1, -0.05) is 37.0 Å². The van der Waals surface area contributed by atoms with Gasteiger partial charge < -0.3 is 15.4 Å². The number of ether oxygens (including phenoxy) is 1. The topological polar surface area (TPSA) is 96.1 Å². The number of carbonyl (C=O) groups excluding carboxylic acids is 2. The summed E-state index contributed by atoms with van der Waals surface area (Å²) in [7, 11) is 0. The van der Waals surface area contributed by atoms with Crippen LogP contribution in [0.25, 0.3) is 0 Å². The number of hydrogen-bond donors (Lipinski definition) is 3. The van der Waals surface area contributed by atoms with E-state index >= 15 is 0 Å². The smallest absolute Gasteiger partial charge is 0.261 e. The van der Waals surface area contributed by atoms with E-state index in [9.17, 15) is 9.59 Å². The molecule has 27 heavy (non-hydrogen) atoms. The number of H-pyrrole nitrogens is 1. The number of nitrogens with one attached hydrogen (secondary N) is 3. The van der Waals surface area contributed by atoms with Gasteiger partial charge >= 0.3 is 0 Å². The predicted molar refractivity (Wildman–Crippen MR) is 105 cm³/mol. The Hall–Kier alpha value is -2.25. The highest BCUT2D eigenvalue weighted by Gasteiger charge is 2.26. The highest BCUT2D eigenvalue weighted by molar-refractivity contribution is 6.35. The molecule has 0 aliphatic carbocycles. The summed E-state index contributed by atoms with van der Waals surface area (Å²) < 4.78 is 5.60. The van der Waals surface area contributed by atoms with E-state index in [1.165, 1.54) is 12.3 Å². The van der Waals surface area contributed by atoms with E-state index < -0.39 is 18.1 Å². The third-order valence-electron chi connectivity index (χ3n) is 3.67. The molecule has 0 aliphatic heterocycles. The maximum Gasteiger partial charge on any atom is 0.261 e. The van der Waals surface area contributed by atoms with Crippen LogP contribution in [0.4, 0.5) is 5.82 Å². The molecule has 1 heterocycles. The minimum absolute atomic E-state index is 0.199. The van der Waals surface area contributed by atoms with Crippen molar-refractivity contribution in [1.82, 2.24) is 15.5 Å². The van der Waals surface area contributed by atoms with E-state index in [1.807, 2.05) is 13.8 Å². The average molecular weight is 413 g/mol. The van der Waals surface area contributed by atoms with Crippen molar-refractivity contribution in [2.45, 2.75) is 39.3 Å². The minimum Gasteiger partial charge on any atom is -0.479 e. The first-order chi connectivity index (χ1) is 12.8. The normalized spacial score (nSPS) is 13.1. The molecule has 0 saturated heterocycles. The molecule has 0 bridgehead atoms. The van der Waals surface area contributed by atoms with Crippen molar-refractivity contribution in [2.24, 2.45) is 5.92 Å². The van der Waals surface area contributed by atoms with Gasteiger partial charge in [-0.25, -0.2) is 0 Å². The molecular weight excluding hydrogens is 391 g/mol. The quantitative estimate of drug-likeness (QED) is 0.616. The molecular formula is C18H22Cl2N4O3. The van der Waals surface area contributed by atoms with Crippen molar-refractivity contribution in [3.63, 3.8) is 0 Å². The maximum atomic E-state index is 12.5. The number of halogens is 2. The van der Waals surface area contributed by atoms with Crippen LogP contribution in [-0.2, 0) is 9.59 Å². The van der Waals surface area contributed by atoms with Crippen LogP contribution in [0.15, 0.2) is 30.5 Å². The summed E-state index contributed by atoms with van der Waals surface area (Å²) in [5, 5.41) is 12.6. The van der Waals surface area contributed by atoms with Gasteiger partial charge in [-0.15, -0.1) is 0 Å². The molecule has 9 heteroatoms. The summed E-state index contributed by atoms with van der Waals surface area (Å²) in [6, 6.07) is 5.65. The SMILES string of the molecule is CC(C)CC(NC(=O)C(C)Oc1ccc(Cl)cc1Cl)C(=O)Nc1ccn[nH]1. The number of carbonyl (C=O) groups is 2. The number of anilines is 1. The van der Waals surface area contributed by atoms with Gasteiger partial charge in [0.05, 0.1) is 11.2 Å². The van der Waals surface area contributed by atoms with Crippen LogP contribution in [0.3, 0.4) is 0 Å². The van der Waals surface area contributed by atoms with E-state index in [0.29, 0.717) is 28.0 Å².